The zero-order chi connectivity index (χ0) is 13.1. The minimum atomic E-state index is -2.76. The van der Waals surface area contributed by atoms with Crippen LogP contribution in [0.3, 0.4) is 0 Å². The maximum atomic E-state index is 11.7. The maximum absolute atomic E-state index is 11.7. The third kappa shape index (κ3) is 1.47. The van der Waals surface area contributed by atoms with Crippen molar-refractivity contribution in [3.63, 3.8) is 0 Å². The fourth-order valence-corrected chi connectivity index (χ4v) is 4.13. The van der Waals surface area contributed by atoms with Crippen molar-refractivity contribution in [2.75, 3.05) is 0 Å². The molecule has 0 radical (unpaired) electrons. The molecular formula is C11H15NO5S. The molecule has 3 aliphatic rings. The van der Waals surface area contributed by atoms with Crippen LogP contribution < -0.4 is 4.72 Å². The highest BCUT2D eigenvalue weighted by atomic mass is 32.2. The van der Waals surface area contributed by atoms with E-state index in [-0.39, 0.29) is 11.5 Å². The molecule has 18 heavy (non-hydrogen) atoms. The van der Waals surface area contributed by atoms with Gasteiger partial charge in [0.05, 0.1) is 5.57 Å². The van der Waals surface area contributed by atoms with Crippen molar-refractivity contribution in [3.8, 4) is 0 Å². The Morgan fingerprint density at radius 2 is 2.22 bits per heavy atom. The Bertz CT molecular complexity index is 520. The molecule has 0 bridgehead atoms. The Labute approximate surface area is 106 Å². The van der Waals surface area contributed by atoms with E-state index in [9.17, 15) is 18.3 Å². The number of esters is 1. The Morgan fingerprint density at radius 1 is 1.50 bits per heavy atom. The van der Waals surface area contributed by atoms with Crippen LogP contribution in [-0.2, 0) is 20.4 Å². The highest BCUT2D eigenvalue weighted by Crippen LogP contribution is 2.53. The largest absolute Gasteiger partial charge is 0.455 e. The molecule has 7 heteroatoms. The standard InChI is InChI=1S/C11H15NO5S/c1-10(12-18(15)16)4-6-2-3-8-11(6,14)7(5-10)9(13)17-8/h5-6,8,14,18H,2-4H2,1H3,(H,12,15,16)/t6?,8-,10-,11+/m1/s1. The van der Waals surface area contributed by atoms with Gasteiger partial charge >= 0.3 is 5.97 Å². The Morgan fingerprint density at radius 3 is 2.89 bits per heavy atom. The lowest BCUT2D eigenvalue weighted by Gasteiger charge is -2.39. The average molecular weight is 273 g/mol. The molecule has 6 nitrogen and oxygen atoms in total. The van der Waals surface area contributed by atoms with Crippen molar-refractivity contribution in [1.82, 2.24) is 4.72 Å². The Hall–Kier alpha value is -0.920. The number of hydrogen-bond acceptors (Lipinski definition) is 5. The summed E-state index contributed by atoms with van der Waals surface area (Å²) in [5.41, 5.74) is -1.82. The third-order valence-corrected chi connectivity index (χ3v) is 4.96. The van der Waals surface area contributed by atoms with Crippen molar-refractivity contribution < 1.29 is 23.1 Å². The molecule has 0 aromatic rings. The summed E-state index contributed by atoms with van der Waals surface area (Å²) in [5, 5.41) is 10.7. The monoisotopic (exact) mass is 273 g/mol. The summed E-state index contributed by atoms with van der Waals surface area (Å²) >= 11 is 0. The summed E-state index contributed by atoms with van der Waals surface area (Å²) in [4.78, 5) is 11.7. The van der Waals surface area contributed by atoms with Gasteiger partial charge in [-0.3, -0.25) is 0 Å². The predicted octanol–water partition coefficient (Wildman–Crippen LogP) is -0.742. The number of aliphatic hydroxyl groups is 1. The zero-order valence-corrected chi connectivity index (χ0v) is 10.8. The van der Waals surface area contributed by atoms with Crippen LogP contribution in [0.15, 0.2) is 11.6 Å². The van der Waals surface area contributed by atoms with Gasteiger partial charge < -0.3 is 9.84 Å². The highest BCUT2D eigenvalue weighted by Gasteiger charge is 2.63. The SMILES string of the molecule is C[C@]1(N[SH](=O)=O)C=C2C(=O)O[C@@H]3CCC(C1)[C@]23O. The molecule has 0 aromatic carbocycles. The summed E-state index contributed by atoms with van der Waals surface area (Å²) < 4.78 is 29.3. The first-order valence-corrected chi connectivity index (χ1v) is 7.12. The van der Waals surface area contributed by atoms with E-state index in [0.29, 0.717) is 12.8 Å². The fraction of sp³-hybridized carbons (Fsp3) is 0.727. The second-order valence-electron chi connectivity index (χ2n) is 5.54. The van der Waals surface area contributed by atoms with Crippen LogP contribution in [-0.4, -0.2) is 36.7 Å². The Balaban J connectivity index is 2.07. The van der Waals surface area contributed by atoms with Crippen molar-refractivity contribution in [2.24, 2.45) is 5.92 Å². The summed E-state index contributed by atoms with van der Waals surface area (Å²) in [5.74, 6) is -0.664. The van der Waals surface area contributed by atoms with Gasteiger partial charge in [-0.25, -0.2) is 17.9 Å². The lowest BCUT2D eigenvalue weighted by Crippen LogP contribution is -2.52. The molecule has 100 valence electrons. The number of rotatable bonds is 2. The minimum Gasteiger partial charge on any atom is -0.455 e. The topological polar surface area (TPSA) is 92.7 Å². The molecule has 1 saturated heterocycles. The molecule has 1 saturated carbocycles. The van der Waals surface area contributed by atoms with E-state index in [4.69, 9.17) is 4.74 Å². The van der Waals surface area contributed by atoms with E-state index in [1.165, 1.54) is 6.08 Å². The molecule has 2 aliphatic carbocycles. The summed E-state index contributed by atoms with van der Waals surface area (Å²) in [6.45, 7) is 1.71. The molecule has 4 atom stereocenters. The van der Waals surface area contributed by atoms with Gasteiger partial charge in [-0.2, -0.15) is 0 Å². The minimum absolute atomic E-state index is 0.138. The van der Waals surface area contributed by atoms with Gasteiger partial charge in [-0.1, -0.05) is 6.08 Å². The summed E-state index contributed by atoms with van der Waals surface area (Å²) in [7, 11) is -2.76. The quantitative estimate of drug-likeness (QED) is 0.455. The van der Waals surface area contributed by atoms with E-state index in [0.717, 1.165) is 6.42 Å². The van der Waals surface area contributed by atoms with E-state index < -0.39 is 34.1 Å². The van der Waals surface area contributed by atoms with Crippen LogP contribution in [0.1, 0.15) is 26.2 Å². The van der Waals surface area contributed by atoms with Crippen LogP contribution >= 0.6 is 0 Å². The molecule has 0 aromatic heterocycles. The van der Waals surface area contributed by atoms with Gasteiger partial charge in [-0.15, -0.1) is 0 Å². The van der Waals surface area contributed by atoms with Crippen molar-refractivity contribution in [1.29, 1.82) is 0 Å². The Kier molecular flexibility index (Phi) is 2.39. The van der Waals surface area contributed by atoms with E-state index >= 15 is 0 Å². The number of thiol groups is 1. The van der Waals surface area contributed by atoms with Gasteiger partial charge in [0.25, 0.3) is 0 Å². The van der Waals surface area contributed by atoms with Crippen LogP contribution in [0.25, 0.3) is 0 Å². The van der Waals surface area contributed by atoms with Crippen LogP contribution in [0.4, 0.5) is 0 Å². The van der Waals surface area contributed by atoms with Crippen LogP contribution in [0, 0.1) is 5.92 Å². The number of carbonyl (C=O) groups excluding carboxylic acids is 1. The van der Waals surface area contributed by atoms with E-state index in [1.807, 2.05) is 0 Å². The predicted molar refractivity (Wildman–Crippen MR) is 62.1 cm³/mol. The van der Waals surface area contributed by atoms with Crippen molar-refractivity contribution in [3.05, 3.63) is 11.6 Å². The summed E-state index contributed by atoms with van der Waals surface area (Å²) in [6.07, 6.45) is 2.89. The first-order chi connectivity index (χ1) is 8.35. The maximum Gasteiger partial charge on any atom is 0.337 e. The molecule has 1 heterocycles. The first-order valence-electron chi connectivity index (χ1n) is 5.94. The number of ether oxygens (including phenoxy) is 1. The molecule has 3 rings (SSSR count). The number of hydrogen-bond donors (Lipinski definition) is 3. The molecule has 0 amide bonds. The van der Waals surface area contributed by atoms with E-state index in [1.54, 1.807) is 6.92 Å². The fourth-order valence-electron chi connectivity index (χ4n) is 3.56. The third-order valence-electron chi connectivity index (χ3n) is 4.27. The normalized spacial score (nSPS) is 45.9. The van der Waals surface area contributed by atoms with Gasteiger partial charge in [-0.05, 0) is 32.1 Å². The lowest BCUT2D eigenvalue weighted by molar-refractivity contribution is -0.140. The molecular weight excluding hydrogens is 258 g/mol. The molecule has 1 aliphatic heterocycles. The van der Waals surface area contributed by atoms with Gasteiger partial charge in [0.1, 0.15) is 11.7 Å². The van der Waals surface area contributed by atoms with Crippen molar-refractivity contribution >= 4 is 16.9 Å². The molecule has 2 N–H and O–H groups in total. The first kappa shape index (κ1) is 12.1. The van der Waals surface area contributed by atoms with E-state index in [2.05, 4.69) is 4.72 Å². The lowest BCUT2D eigenvalue weighted by atomic mass is 9.71. The van der Waals surface area contributed by atoms with Crippen LogP contribution in [0.5, 0.6) is 0 Å². The highest BCUT2D eigenvalue weighted by molar-refractivity contribution is 7.70. The van der Waals surface area contributed by atoms with Crippen LogP contribution in [0.2, 0.25) is 0 Å². The zero-order valence-electron chi connectivity index (χ0n) is 9.88. The second kappa shape index (κ2) is 3.55. The molecule has 2 fully saturated rings. The molecule has 0 spiro atoms. The number of nitrogens with one attached hydrogen (secondary N) is 1. The van der Waals surface area contributed by atoms with Crippen molar-refractivity contribution in [2.45, 2.75) is 43.4 Å². The van der Waals surface area contributed by atoms with Gasteiger partial charge in [0.2, 0.25) is 10.9 Å². The number of carbonyl (C=O) groups is 1. The second-order valence-corrected chi connectivity index (χ2v) is 6.28. The average Bonchev–Trinajstić information content (AvgIpc) is 2.66. The summed E-state index contributed by atoms with van der Waals surface area (Å²) in [6, 6.07) is 0. The van der Waals surface area contributed by atoms with Gasteiger partial charge in [0, 0.05) is 5.54 Å². The molecule has 1 unspecified atom stereocenters. The van der Waals surface area contributed by atoms with Gasteiger partial charge in [0.15, 0.2) is 0 Å². The smallest absolute Gasteiger partial charge is 0.337 e.